The Bertz CT molecular complexity index is 1070. The number of nitrogens with zero attached hydrogens (tertiary/aromatic N) is 2. The summed E-state index contributed by atoms with van der Waals surface area (Å²) in [7, 11) is 0. The molecule has 0 bridgehead atoms. The molecule has 0 spiro atoms. The first-order valence-corrected chi connectivity index (χ1v) is 8.38. The van der Waals surface area contributed by atoms with Crippen molar-refractivity contribution < 1.29 is 22.7 Å². The van der Waals surface area contributed by atoms with Gasteiger partial charge in [-0.2, -0.15) is 4.68 Å². The molecule has 1 aromatic heterocycles. The highest BCUT2D eigenvalue weighted by molar-refractivity contribution is 5.93. The van der Waals surface area contributed by atoms with E-state index >= 15 is 0 Å². The second-order valence-electron chi connectivity index (χ2n) is 6.31. The third kappa shape index (κ3) is 3.78. The van der Waals surface area contributed by atoms with Crippen LogP contribution in [0.5, 0.6) is 5.75 Å². The maximum atomic E-state index is 14.2. The standard InChI is InChI=1S/C19H17F2N3O4/c1-10(2)11-3-5-12(6-4-11)24-19(26)28-15(23-24)9-27-14-8-7-13(20)16(17(14)21)18(22)25/h3-8,10H,9H2,1-2H3,(H2,22,25). The van der Waals surface area contributed by atoms with Crippen molar-refractivity contribution in [3.8, 4) is 11.4 Å². The van der Waals surface area contributed by atoms with E-state index in [0.717, 1.165) is 22.4 Å². The van der Waals surface area contributed by atoms with E-state index in [0.29, 0.717) is 11.6 Å². The molecule has 0 saturated carbocycles. The van der Waals surface area contributed by atoms with Crippen LogP contribution < -0.4 is 16.2 Å². The van der Waals surface area contributed by atoms with Gasteiger partial charge in [0.1, 0.15) is 11.4 Å². The van der Waals surface area contributed by atoms with E-state index in [1.54, 1.807) is 12.1 Å². The summed E-state index contributed by atoms with van der Waals surface area (Å²) in [5.74, 6) is -4.55. The Kier molecular flexibility index (Phi) is 5.25. The monoisotopic (exact) mass is 389 g/mol. The number of carbonyl (C=O) groups is 1. The molecule has 0 aliphatic rings. The van der Waals surface area contributed by atoms with Crippen molar-refractivity contribution in [1.82, 2.24) is 9.78 Å². The van der Waals surface area contributed by atoms with E-state index < -0.39 is 41.2 Å². The van der Waals surface area contributed by atoms with E-state index in [9.17, 15) is 18.4 Å². The second-order valence-corrected chi connectivity index (χ2v) is 6.31. The van der Waals surface area contributed by atoms with Crippen LogP contribution in [0.3, 0.4) is 0 Å². The molecule has 7 nitrogen and oxygen atoms in total. The summed E-state index contributed by atoms with van der Waals surface area (Å²) < 4.78 is 38.8. The number of benzene rings is 2. The minimum atomic E-state index is -1.26. The zero-order valence-electron chi connectivity index (χ0n) is 15.1. The second kappa shape index (κ2) is 7.63. The lowest BCUT2D eigenvalue weighted by molar-refractivity contribution is 0.0991. The Labute approximate surface area is 158 Å². The van der Waals surface area contributed by atoms with Gasteiger partial charge in [0.2, 0.25) is 0 Å². The predicted octanol–water partition coefficient (Wildman–Crippen LogP) is 2.91. The largest absolute Gasteiger partial charge is 0.481 e. The molecular formula is C19H17F2N3O4. The molecule has 3 rings (SSSR count). The molecule has 0 radical (unpaired) electrons. The number of ether oxygens (including phenoxy) is 1. The maximum Gasteiger partial charge on any atom is 0.442 e. The molecule has 0 aliphatic carbocycles. The number of nitrogens with two attached hydrogens (primary N) is 1. The summed E-state index contributed by atoms with van der Waals surface area (Å²) in [5, 5.41) is 4.00. The van der Waals surface area contributed by atoms with Crippen LogP contribution in [0.1, 0.15) is 41.6 Å². The Morgan fingerprint density at radius 3 is 2.50 bits per heavy atom. The highest BCUT2D eigenvalue weighted by atomic mass is 19.1. The lowest BCUT2D eigenvalue weighted by Gasteiger charge is -2.08. The number of carbonyl (C=O) groups excluding carboxylic acids is 1. The van der Waals surface area contributed by atoms with Gasteiger partial charge in [0.15, 0.2) is 18.2 Å². The Morgan fingerprint density at radius 2 is 1.89 bits per heavy atom. The normalized spacial score (nSPS) is 11.0. The highest BCUT2D eigenvalue weighted by Crippen LogP contribution is 2.23. The average Bonchev–Trinajstić information content (AvgIpc) is 3.01. The molecule has 1 heterocycles. The number of halogens is 2. The van der Waals surface area contributed by atoms with Gasteiger partial charge in [-0.25, -0.2) is 13.6 Å². The summed E-state index contributed by atoms with van der Waals surface area (Å²) >= 11 is 0. The third-order valence-corrected chi connectivity index (χ3v) is 4.05. The third-order valence-electron chi connectivity index (χ3n) is 4.05. The SMILES string of the molecule is CC(C)c1ccc(-n2nc(COc3ccc(F)c(C(N)=O)c3F)oc2=O)cc1. The van der Waals surface area contributed by atoms with Crippen molar-refractivity contribution in [2.24, 2.45) is 5.73 Å². The van der Waals surface area contributed by atoms with E-state index in [1.165, 1.54) is 0 Å². The molecule has 9 heteroatoms. The van der Waals surface area contributed by atoms with Crippen LogP contribution in [-0.4, -0.2) is 15.7 Å². The van der Waals surface area contributed by atoms with E-state index in [-0.39, 0.29) is 5.89 Å². The number of hydrogen-bond donors (Lipinski definition) is 1. The highest BCUT2D eigenvalue weighted by Gasteiger charge is 2.20. The first kappa shape index (κ1) is 19.3. The molecule has 0 saturated heterocycles. The minimum absolute atomic E-state index is 0.123. The van der Waals surface area contributed by atoms with Crippen LogP contribution in [0.15, 0.2) is 45.6 Å². The van der Waals surface area contributed by atoms with Crippen LogP contribution in [0.4, 0.5) is 8.78 Å². The quantitative estimate of drug-likeness (QED) is 0.699. The molecule has 3 aromatic rings. The summed E-state index contributed by atoms with van der Waals surface area (Å²) in [6.07, 6.45) is 0. The fourth-order valence-electron chi connectivity index (χ4n) is 2.55. The zero-order chi connectivity index (χ0) is 20.4. The summed E-state index contributed by atoms with van der Waals surface area (Å²) in [4.78, 5) is 23.2. The average molecular weight is 389 g/mol. The maximum absolute atomic E-state index is 14.2. The minimum Gasteiger partial charge on any atom is -0.481 e. The Morgan fingerprint density at radius 1 is 1.21 bits per heavy atom. The fraction of sp³-hybridized carbons (Fsp3) is 0.211. The van der Waals surface area contributed by atoms with Gasteiger partial charge >= 0.3 is 5.76 Å². The van der Waals surface area contributed by atoms with Crippen molar-refractivity contribution in [2.45, 2.75) is 26.4 Å². The Balaban J connectivity index is 1.80. The first-order valence-electron chi connectivity index (χ1n) is 8.38. The van der Waals surface area contributed by atoms with Gasteiger partial charge in [-0.05, 0) is 35.7 Å². The molecular weight excluding hydrogens is 372 g/mol. The number of rotatable bonds is 6. The van der Waals surface area contributed by atoms with Crippen LogP contribution in [0.25, 0.3) is 5.69 Å². The summed E-state index contributed by atoms with van der Waals surface area (Å²) in [5.41, 5.74) is 5.64. The van der Waals surface area contributed by atoms with Crippen molar-refractivity contribution in [1.29, 1.82) is 0 Å². The van der Waals surface area contributed by atoms with E-state index in [4.69, 9.17) is 14.9 Å². The van der Waals surface area contributed by atoms with Crippen molar-refractivity contribution in [3.05, 3.63) is 75.6 Å². The number of amides is 1. The summed E-state index contributed by atoms with van der Waals surface area (Å²) in [6.45, 7) is 3.68. The molecule has 28 heavy (non-hydrogen) atoms. The summed E-state index contributed by atoms with van der Waals surface area (Å²) in [6, 6.07) is 9.04. The van der Waals surface area contributed by atoms with Crippen LogP contribution >= 0.6 is 0 Å². The molecule has 2 aromatic carbocycles. The lowest BCUT2D eigenvalue weighted by atomic mass is 10.0. The molecule has 0 atom stereocenters. The van der Waals surface area contributed by atoms with Gasteiger partial charge < -0.3 is 14.9 Å². The van der Waals surface area contributed by atoms with Gasteiger partial charge in [-0.15, -0.1) is 5.10 Å². The van der Waals surface area contributed by atoms with E-state index in [1.807, 2.05) is 26.0 Å². The van der Waals surface area contributed by atoms with Crippen LogP contribution in [0.2, 0.25) is 0 Å². The van der Waals surface area contributed by atoms with Gasteiger partial charge in [0, 0.05) is 0 Å². The number of hydrogen-bond acceptors (Lipinski definition) is 5. The van der Waals surface area contributed by atoms with Gasteiger partial charge in [0.05, 0.1) is 5.69 Å². The molecule has 0 fully saturated rings. The fourth-order valence-corrected chi connectivity index (χ4v) is 2.55. The topological polar surface area (TPSA) is 100 Å². The number of aromatic nitrogens is 2. The number of primary amides is 1. The van der Waals surface area contributed by atoms with Crippen molar-refractivity contribution in [3.63, 3.8) is 0 Å². The van der Waals surface area contributed by atoms with Gasteiger partial charge in [-0.3, -0.25) is 4.79 Å². The van der Waals surface area contributed by atoms with Crippen molar-refractivity contribution >= 4 is 5.91 Å². The van der Waals surface area contributed by atoms with Crippen molar-refractivity contribution in [2.75, 3.05) is 0 Å². The molecule has 0 unspecified atom stereocenters. The smallest absolute Gasteiger partial charge is 0.442 e. The molecule has 2 N–H and O–H groups in total. The first-order chi connectivity index (χ1) is 13.3. The zero-order valence-corrected chi connectivity index (χ0v) is 15.1. The molecule has 1 amide bonds. The van der Waals surface area contributed by atoms with Gasteiger partial charge in [-0.1, -0.05) is 26.0 Å². The van der Waals surface area contributed by atoms with Crippen LogP contribution in [-0.2, 0) is 6.61 Å². The molecule has 0 aliphatic heterocycles. The van der Waals surface area contributed by atoms with Gasteiger partial charge in [0.25, 0.3) is 11.8 Å². The predicted molar refractivity (Wildman–Crippen MR) is 95.4 cm³/mol. The lowest BCUT2D eigenvalue weighted by Crippen LogP contribution is -2.16. The van der Waals surface area contributed by atoms with Crippen LogP contribution in [0, 0.1) is 11.6 Å². The molecule has 146 valence electrons. The van der Waals surface area contributed by atoms with E-state index in [2.05, 4.69) is 5.10 Å². The Hall–Kier alpha value is -3.49.